The average molecular weight is 258 g/mol. The van der Waals surface area contributed by atoms with Crippen molar-refractivity contribution in [2.24, 2.45) is 5.73 Å². The lowest BCUT2D eigenvalue weighted by Gasteiger charge is -2.17. The Bertz CT molecular complexity index is 641. The number of nitrogens with two attached hydrogens (primary N) is 1. The van der Waals surface area contributed by atoms with E-state index in [1.807, 2.05) is 6.07 Å². The van der Waals surface area contributed by atoms with Crippen molar-refractivity contribution in [3.63, 3.8) is 0 Å². The van der Waals surface area contributed by atoms with E-state index in [2.05, 4.69) is 0 Å². The Morgan fingerprint density at radius 3 is 2.63 bits per heavy atom. The number of benzene rings is 2. The zero-order valence-corrected chi connectivity index (χ0v) is 10.5. The molecule has 4 heteroatoms. The van der Waals surface area contributed by atoms with Gasteiger partial charge < -0.3 is 10.6 Å². The van der Waals surface area contributed by atoms with Crippen LogP contribution in [0.2, 0.25) is 0 Å². The largest absolute Gasteiger partial charge is 0.337 e. The van der Waals surface area contributed by atoms with E-state index in [9.17, 15) is 9.18 Å². The Hall–Kier alpha value is -1.94. The normalized spacial score (nSPS) is 19.1. The lowest BCUT2D eigenvalue weighted by atomic mass is 10.0. The first-order valence-electron chi connectivity index (χ1n) is 6.39. The predicted molar refractivity (Wildman–Crippen MR) is 72.4 cm³/mol. The van der Waals surface area contributed by atoms with E-state index in [1.54, 1.807) is 29.2 Å². The summed E-state index contributed by atoms with van der Waals surface area (Å²) in [6, 6.07) is 10.0. The van der Waals surface area contributed by atoms with E-state index in [0.29, 0.717) is 29.4 Å². The first-order chi connectivity index (χ1) is 9.16. The predicted octanol–water partition coefficient (Wildman–Crippen LogP) is 2.15. The molecule has 0 spiro atoms. The molecule has 3 rings (SSSR count). The molecule has 2 aromatic rings. The van der Waals surface area contributed by atoms with Gasteiger partial charge in [-0.1, -0.05) is 24.3 Å². The molecule has 19 heavy (non-hydrogen) atoms. The fraction of sp³-hybridized carbons (Fsp3) is 0.267. The number of fused-ring (bicyclic) bond motifs is 1. The molecule has 98 valence electrons. The third-order valence-electron chi connectivity index (χ3n) is 3.61. The Balaban J connectivity index is 2.06. The lowest BCUT2D eigenvalue weighted by molar-refractivity contribution is 0.0793. The minimum atomic E-state index is -0.301. The highest BCUT2D eigenvalue weighted by Gasteiger charge is 2.25. The van der Waals surface area contributed by atoms with Crippen molar-refractivity contribution < 1.29 is 9.18 Å². The van der Waals surface area contributed by atoms with Gasteiger partial charge in [0.2, 0.25) is 0 Å². The standard InChI is InChI=1S/C15H15FN2O/c16-14-6-5-13(11-3-1-2-4-12(11)14)15(19)18-8-7-10(17)9-18/h1-6,10H,7-9,17H2. The van der Waals surface area contributed by atoms with Gasteiger partial charge >= 0.3 is 0 Å². The molecule has 3 nitrogen and oxygen atoms in total. The number of rotatable bonds is 1. The highest BCUT2D eigenvalue weighted by molar-refractivity contribution is 6.07. The summed E-state index contributed by atoms with van der Waals surface area (Å²) in [7, 11) is 0. The smallest absolute Gasteiger partial charge is 0.254 e. The van der Waals surface area contributed by atoms with Gasteiger partial charge in [-0.3, -0.25) is 4.79 Å². The van der Waals surface area contributed by atoms with E-state index in [1.165, 1.54) is 6.07 Å². The van der Waals surface area contributed by atoms with Crippen molar-refractivity contribution in [1.82, 2.24) is 4.90 Å². The number of nitrogens with zero attached hydrogens (tertiary/aromatic N) is 1. The molecule has 1 amide bonds. The van der Waals surface area contributed by atoms with Crippen LogP contribution < -0.4 is 5.73 Å². The van der Waals surface area contributed by atoms with Crippen molar-refractivity contribution in [2.75, 3.05) is 13.1 Å². The van der Waals surface area contributed by atoms with Crippen molar-refractivity contribution >= 4 is 16.7 Å². The molecule has 0 bridgehead atoms. The van der Waals surface area contributed by atoms with Crippen LogP contribution in [0.5, 0.6) is 0 Å². The van der Waals surface area contributed by atoms with Crippen molar-refractivity contribution in [3.8, 4) is 0 Å². The number of hydrogen-bond acceptors (Lipinski definition) is 2. The van der Waals surface area contributed by atoms with Crippen LogP contribution in [-0.2, 0) is 0 Å². The highest BCUT2D eigenvalue weighted by atomic mass is 19.1. The van der Waals surface area contributed by atoms with Gasteiger partial charge in [0.15, 0.2) is 0 Å². The third kappa shape index (κ3) is 2.08. The summed E-state index contributed by atoms with van der Waals surface area (Å²) in [5.41, 5.74) is 6.37. The second kappa shape index (κ2) is 4.63. The number of halogens is 1. The van der Waals surface area contributed by atoms with Gasteiger partial charge in [0.1, 0.15) is 5.82 Å². The fourth-order valence-corrected chi connectivity index (χ4v) is 2.59. The Labute approximate surface area is 110 Å². The zero-order chi connectivity index (χ0) is 13.4. The Morgan fingerprint density at radius 1 is 1.21 bits per heavy atom. The SMILES string of the molecule is NC1CCN(C(=O)c2ccc(F)c3ccccc23)C1. The maximum absolute atomic E-state index is 13.7. The first kappa shape index (κ1) is 12.1. The Morgan fingerprint density at radius 2 is 1.95 bits per heavy atom. The monoisotopic (exact) mass is 258 g/mol. The van der Waals surface area contributed by atoms with Gasteiger partial charge in [-0.2, -0.15) is 0 Å². The van der Waals surface area contributed by atoms with Crippen LogP contribution in [0.1, 0.15) is 16.8 Å². The molecule has 0 saturated carbocycles. The van der Waals surface area contributed by atoms with E-state index < -0.39 is 0 Å². The number of likely N-dealkylation sites (tertiary alicyclic amines) is 1. The van der Waals surface area contributed by atoms with Crippen LogP contribution in [-0.4, -0.2) is 29.9 Å². The molecule has 1 unspecified atom stereocenters. The number of amides is 1. The molecule has 1 atom stereocenters. The van der Waals surface area contributed by atoms with E-state index in [4.69, 9.17) is 5.73 Å². The third-order valence-corrected chi connectivity index (χ3v) is 3.61. The Kier molecular flexibility index (Phi) is 2.95. The molecule has 1 aliphatic heterocycles. The van der Waals surface area contributed by atoms with E-state index in [0.717, 1.165) is 6.42 Å². The van der Waals surface area contributed by atoms with E-state index >= 15 is 0 Å². The minimum absolute atomic E-state index is 0.0515. The molecular formula is C15H15FN2O. The summed E-state index contributed by atoms with van der Waals surface area (Å²) < 4.78 is 13.7. The zero-order valence-electron chi connectivity index (χ0n) is 10.5. The molecule has 0 radical (unpaired) electrons. The van der Waals surface area contributed by atoms with Gasteiger partial charge in [0.05, 0.1) is 0 Å². The maximum Gasteiger partial charge on any atom is 0.254 e. The molecule has 2 aromatic carbocycles. The number of carbonyl (C=O) groups excluding carboxylic acids is 1. The van der Waals surface area contributed by atoms with Crippen molar-refractivity contribution in [3.05, 3.63) is 47.8 Å². The van der Waals surface area contributed by atoms with Crippen LogP contribution in [0, 0.1) is 5.82 Å². The summed E-state index contributed by atoms with van der Waals surface area (Å²) >= 11 is 0. The van der Waals surface area contributed by atoms with Gasteiger partial charge in [0.25, 0.3) is 5.91 Å². The van der Waals surface area contributed by atoms with Gasteiger partial charge in [-0.15, -0.1) is 0 Å². The van der Waals surface area contributed by atoms with Crippen LogP contribution in [0.15, 0.2) is 36.4 Å². The van der Waals surface area contributed by atoms with Gasteiger partial charge in [-0.05, 0) is 23.9 Å². The summed E-state index contributed by atoms with van der Waals surface area (Å²) in [5.74, 6) is -0.366. The molecule has 0 aliphatic carbocycles. The number of carbonyl (C=O) groups is 1. The topological polar surface area (TPSA) is 46.3 Å². The van der Waals surface area contributed by atoms with Crippen molar-refractivity contribution in [2.45, 2.75) is 12.5 Å². The fourth-order valence-electron chi connectivity index (χ4n) is 2.59. The van der Waals surface area contributed by atoms with Crippen molar-refractivity contribution in [1.29, 1.82) is 0 Å². The first-order valence-corrected chi connectivity index (χ1v) is 6.39. The van der Waals surface area contributed by atoms with Crippen LogP contribution in [0.3, 0.4) is 0 Å². The molecule has 1 heterocycles. The summed E-state index contributed by atoms with van der Waals surface area (Å²) in [5, 5.41) is 1.14. The maximum atomic E-state index is 13.7. The summed E-state index contributed by atoms with van der Waals surface area (Å²) in [6.07, 6.45) is 0.824. The van der Waals surface area contributed by atoms with Gasteiger partial charge in [0, 0.05) is 30.1 Å². The molecule has 2 N–H and O–H groups in total. The van der Waals surface area contributed by atoms with Crippen LogP contribution in [0.25, 0.3) is 10.8 Å². The molecule has 1 aliphatic rings. The minimum Gasteiger partial charge on any atom is -0.337 e. The molecule has 1 saturated heterocycles. The molecular weight excluding hydrogens is 243 g/mol. The summed E-state index contributed by atoms with van der Waals surface area (Å²) in [6.45, 7) is 1.25. The second-order valence-corrected chi connectivity index (χ2v) is 4.94. The quantitative estimate of drug-likeness (QED) is 0.852. The lowest BCUT2D eigenvalue weighted by Crippen LogP contribution is -2.32. The average Bonchev–Trinajstić information content (AvgIpc) is 2.86. The molecule has 0 aromatic heterocycles. The summed E-state index contributed by atoms with van der Waals surface area (Å²) in [4.78, 5) is 14.2. The van der Waals surface area contributed by atoms with Crippen LogP contribution in [0.4, 0.5) is 4.39 Å². The molecule has 1 fully saturated rings. The van der Waals surface area contributed by atoms with Gasteiger partial charge in [-0.25, -0.2) is 4.39 Å². The van der Waals surface area contributed by atoms with Crippen LogP contribution >= 0.6 is 0 Å². The number of hydrogen-bond donors (Lipinski definition) is 1. The highest BCUT2D eigenvalue weighted by Crippen LogP contribution is 2.24. The second-order valence-electron chi connectivity index (χ2n) is 4.94. The van der Waals surface area contributed by atoms with E-state index in [-0.39, 0.29) is 17.8 Å².